The molecule has 0 aliphatic carbocycles. The van der Waals surface area contributed by atoms with E-state index in [1.54, 1.807) is 19.6 Å². The Hall–Kier alpha value is -2.81. The number of aromatic nitrogens is 2. The van der Waals surface area contributed by atoms with Crippen molar-refractivity contribution in [2.24, 2.45) is 0 Å². The van der Waals surface area contributed by atoms with Crippen LogP contribution in [0.15, 0.2) is 61.2 Å². The number of ether oxygens (including phenoxy) is 1. The standard InChI is InChI=1S/C21H22N2O/c1-16(2)18-7-4-17(5-8-18)6-9-19-14-20(24-3)10-11-21(19)23-13-12-22-15-23/h4-16H,1-3H3/b9-6+. The number of benzene rings is 2. The van der Waals surface area contributed by atoms with E-state index in [4.69, 9.17) is 4.74 Å². The summed E-state index contributed by atoms with van der Waals surface area (Å²) < 4.78 is 7.36. The number of hydrogen-bond donors (Lipinski definition) is 0. The molecule has 0 saturated heterocycles. The molecular weight excluding hydrogens is 296 g/mol. The fraction of sp³-hybridized carbons (Fsp3) is 0.190. The second kappa shape index (κ2) is 7.18. The van der Waals surface area contributed by atoms with E-state index in [9.17, 15) is 0 Å². The van der Waals surface area contributed by atoms with Crippen LogP contribution in [0.5, 0.6) is 5.75 Å². The molecule has 0 amide bonds. The largest absolute Gasteiger partial charge is 0.497 e. The molecule has 1 aromatic heterocycles. The van der Waals surface area contributed by atoms with Crippen molar-refractivity contribution in [1.82, 2.24) is 9.55 Å². The molecule has 3 nitrogen and oxygen atoms in total. The van der Waals surface area contributed by atoms with Gasteiger partial charge < -0.3 is 9.30 Å². The summed E-state index contributed by atoms with van der Waals surface area (Å²) in [6.07, 6.45) is 9.76. The summed E-state index contributed by atoms with van der Waals surface area (Å²) >= 11 is 0. The highest BCUT2D eigenvalue weighted by Crippen LogP contribution is 2.23. The predicted molar refractivity (Wildman–Crippen MR) is 99.6 cm³/mol. The van der Waals surface area contributed by atoms with Crippen molar-refractivity contribution >= 4 is 12.2 Å². The van der Waals surface area contributed by atoms with Crippen LogP contribution in [0.2, 0.25) is 0 Å². The first kappa shape index (κ1) is 16.1. The molecule has 3 heteroatoms. The van der Waals surface area contributed by atoms with E-state index in [1.807, 2.05) is 29.0 Å². The van der Waals surface area contributed by atoms with E-state index in [1.165, 1.54) is 11.1 Å². The Balaban J connectivity index is 1.93. The maximum absolute atomic E-state index is 5.36. The Morgan fingerprint density at radius 2 is 1.83 bits per heavy atom. The molecule has 0 aliphatic rings. The normalized spacial score (nSPS) is 11.3. The minimum absolute atomic E-state index is 0.550. The quantitative estimate of drug-likeness (QED) is 0.606. The first-order valence-corrected chi connectivity index (χ1v) is 8.12. The summed E-state index contributed by atoms with van der Waals surface area (Å²) in [5.41, 5.74) is 4.69. The number of nitrogens with zero attached hydrogens (tertiary/aromatic N) is 2. The molecule has 0 spiro atoms. The lowest BCUT2D eigenvalue weighted by Crippen LogP contribution is -1.95. The molecule has 3 aromatic rings. The Bertz CT molecular complexity index is 816. The Labute approximate surface area is 143 Å². The van der Waals surface area contributed by atoms with Crippen LogP contribution in [0.3, 0.4) is 0 Å². The van der Waals surface area contributed by atoms with E-state index in [2.05, 4.69) is 55.2 Å². The smallest absolute Gasteiger partial charge is 0.119 e. The zero-order chi connectivity index (χ0) is 16.9. The average molecular weight is 318 g/mol. The van der Waals surface area contributed by atoms with Gasteiger partial charge in [-0.05, 0) is 35.2 Å². The lowest BCUT2D eigenvalue weighted by Gasteiger charge is -2.09. The highest BCUT2D eigenvalue weighted by molar-refractivity contribution is 5.74. The summed E-state index contributed by atoms with van der Waals surface area (Å²) in [5, 5.41) is 0. The van der Waals surface area contributed by atoms with Crippen LogP contribution < -0.4 is 4.74 Å². The molecule has 3 rings (SSSR count). The van der Waals surface area contributed by atoms with Gasteiger partial charge in [-0.2, -0.15) is 0 Å². The van der Waals surface area contributed by atoms with E-state index in [-0.39, 0.29) is 0 Å². The van der Waals surface area contributed by atoms with E-state index >= 15 is 0 Å². The fourth-order valence-corrected chi connectivity index (χ4v) is 2.61. The monoisotopic (exact) mass is 318 g/mol. The molecule has 0 aliphatic heterocycles. The topological polar surface area (TPSA) is 27.1 Å². The summed E-state index contributed by atoms with van der Waals surface area (Å²) in [6.45, 7) is 4.41. The molecule has 0 bridgehead atoms. The Morgan fingerprint density at radius 3 is 2.46 bits per heavy atom. The van der Waals surface area contributed by atoms with Gasteiger partial charge in [0.1, 0.15) is 5.75 Å². The van der Waals surface area contributed by atoms with Gasteiger partial charge in [0.2, 0.25) is 0 Å². The third kappa shape index (κ3) is 3.57. The maximum atomic E-state index is 5.36. The summed E-state index contributed by atoms with van der Waals surface area (Å²) in [4.78, 5) is 4.13. The van der Waals surface area contributed by atoms with Gasteiger partial charge in [-0.3, -0.25) is 0 Å². The molecule has 122 valence electrons. The number of hydrogen-bond acceptors (Lipinski definition) is 2. The van der Waals surface area contributed by atoms with Crippen LogP contribution in [0.4, 0.5) is 0 Å². The highest BCUT2D eigenvalue weighted by Gasteiger charge is 2.04. The second-order valence-corrected chi connectivity index (χ2v) is 6.05. The third-order valence-electron chi connectivity index (χ3n) is 4.08. The van der Waals surface area contributed by atoms with Gasteiger partial charge in [-0.15, -0.1) is 0 Å². The second-order valence-electron chi connectivity index (χ2n) is 6.05. The molecular formula is C21H22N2O. The highest BCUT2D eigenvalue weighted by atomic mass is 16.5. The molecule has 2 aromatic carbocycles. The predicted octanol–water partition coefficient (Wildman–Crippen LogP) is 5.17. The van der Waals surface area contributed by atoms with Crippen LogP contribution in [-0.2, 0) is 0 Å². The van der Waals surface area contributed by atoms with Gasteiger partial charge in [0.05, 0.1) is 19.1 Å². The zero-order valence-corrected chi connectivity index (χ0v) is 14.3. The van der Waals surface area contributed by atoms with Crippen molar-refractivity contribution in [3.8, 4) is 11.4 Å². The summed E-state index contributed by atoms with van der Waals surface area (Å²) in [6, 6.07) is 14.7. The zero-order valence-electron chi connectivity index (χ0n) is 14.3. The molecule has 0 fully saturated rings. The number of imidazole rings is 1. The minimum Gasteiger partial charge on any atom is -0.497 e. The van der Waals surface area contributed by atoms with Gasteiger partial charge in [-0.25, -0.2) is 4.98 Å². The number of rotatable bonds is 5. The van der Waals surface area contributed by atoms with Crippen LogP contribution in [0.25, 0.3) is 17.8 Å². The molecule has 1 heterocycles. The third-order valence-corrected chi connectivity index (χ3v) is 4.08. The van der Waals surface area contributed by atoms with Crippen molar-refractivity contribution < 1.29 is 4.74 Å². The molecule has 0 radical (unpaired) electrons. The van der Waals surface area contributed by atoms with Crippen molar-refractivity contribution in [3.05, 3.63) is 77.9 Å². The number of methoxy groups -OCH3 is 1. The minimum atomic E-state index is 0.550. The van der Waals surface area contributed by atoms with Crippen molar-refractivity contribution in [2.75, 3.05) is 7.11 Å². The molecule has 0 atom stereocenters. The van der Waals surface area contributed by atoms with E-state index in [0.29, 0.717) is 5.92 Å². The van der Waals surface area contributed by atoms with Crippen molar-refractivity contribution in [1.29, 1.82) is 0 Å². The lowest BCUT2D eigenvalue weighted by molar-refractivity contribution is 0.414. The van der Waals surface area contributed by atoms with Gasteiger partial charge in [0.15, 0.2) is 0 Å². The summed E-state index contributed by atoms with van der Waals surface area (Å²) in [7, 11) is 1.68. The van der Waals surface area contributed by atoms with Gasteiger partial charge in [0, 0.05) is 18.0 Å². The maximum Gasteiger partial charge on any atom is 0.119 e. The first-order valence-electron chi connectivity index (χ1n) is 8.12. The van der Waals surface area contributed by atoms with Crippen LogP contribution in [0, 0.1) is 0 Å². The Kier molecular flexibility index (Phi) is 4.80. The molecule has 0 N–H and O–H groups in total. The van der Waals surface area contributed by atoms with Gasteiger partial charge in [0.25, 0.3) is 0 Å². The van der Waals surface area contributed by atoms with E-state index in [0.717, 1.165) is 17.0 Å². The molecule has 0 unspecified atom stereocenters. The first-order chi connectivity index (χ1) is 11.7. The summed E-state index contributed by atoms with van der Waals surface area (Å²) in [5.74, 6) is 1.39. The average Bonchev–Trinajstić information content (AvgIpc) is 3.14. The Morgan fingerprint density at radius 1 is 1.04 bits per heavy atom. The van der Waals surface area contributed by atoms with Crippen molar-refractivity contribution in [2.45, 2.75) is 19.8 Å². The van der Waals surface area contributed by atoms with Crippen LogP contribution >= 0.6 is 0 Å². The van der Waals surface area contributed by atoms with Gasteiger partial charge in [-0.1, -0.05) is 50.3 Å². The lowest BCUT2D eigenvalue weighted by atomic mass is 10.0. The van der Waals surface area contributed by atoms with E-state index < -0.39 is 0 Å². The van der Waals surface area contributed by atoms with Crippen LogP contribution in [0.1, 0.15) is 36.5 Å². The van der Waals surface area contributed by atoms with Crippen LogP contribution in [-0.4, -0.2) is 16.7 Å². The molecule has 0 saturated carbocycles. The van der Waals surface area contributed by atoms with Gasteiger partial charge >= 0.3 is 0 Å². The van der Waals surface area contributed by atoms with Crippen molar-refractivity contribution in [3.63, 3.8) is 0 Å². The SMILES string of the molecule is COc1ccc(-n2ccnc2)c(/C=C/c2ccc(C(C)C)cc2)c1. The molecule has 24 heavy (non-hydrogen) atoms. The fourth-order valence-electron chi connectivity index (χ4n) is 2.61.